The number of likely N-dealkylation sites (N-methyl/N-ethyl adjacent to an activating group) is 1. The molecular weight excluding hydrogens is 422 g/mol. The predicted molar refractivity (Wildman–Crippen MR) is 126 cm³/mol. The minimum Gasteiger partial charge on any atom is -0.472 e. The van der Waals surface area contributed by atoms with Gasteiger partial charge in [-0.25, -0.2) is 4.98 Å². The van der Waals surface area contributed by atoms with Gasteiger partial charge in [-0.05, 0) is 36.9 Å². The second-order valence-corrected chi connectivity index (χ2v) is 8.72. The number of carbonyl (C=O) groups excluding carboxylic acids is 1. The lowest BCUT2D eigenvalue weighted by Gasteiger charge is -2.32. The number of ether oxygens (including phenoxy) is 1. The maximum absolute atomic E-state index is 11.8. The first-order chi connectivity index (χ1) is 15.6. The van der Waals surface area contributed by atoms with Crippen LogP contribution in [0.25, 0.3) is 0 Å². The topological polar surface area (TPSA) is 70.6 Å². The summed E-state index contributed by atoms with van der Waals surface area (Å²) in [7, 11) is 3.75. The zero-order valence-electron chi connectivity index (χ0n) is 18.3. The van der Waals surface area contributed by atoms with Gasteiger partial charge in [0.05, 0.1) is 11.1 Å². The molecule has 3 aromatic rings. The summed E-state index contributed by atoms with van der Waals surface area (Å²) in [6.07, 6.45) is 1.83. The van der Waals surface area contributed by atoms with Crippen molar-refractivity contribution in [1.29, 1.82) is 0 Å². The molecule has 0 spiro atoms. The van der Waals surface area contributed by atoms with E-state index in [1.807, 2.05) is 60.8 Å². The lowest BCUT2D eigenvalue weighted by atomic mass is 10.2. The first-order valence-corrected chi connectivity index (χ1v) is 11.4. The number of hydrogen-bond acceptors (Lipinski definition) is 7. The second kappa shape index (κ2) is 10.5. The number of nitrogens with one attached hydrogen (secondary N) is 1. The fraction of sp³-hybridized carbons (Fsp3) is 0.292. The standard InChI is InChI=1S/C24H27N5O2S/c1-25-22(30)19-8-10-20(11-9-19)32-21-16-26-24(29-14-12-28(2)13-15-29)27-23(21)31-17-18-6-4-3-5-7-18/h3-11,16H,12-15,17H2,1-2H3,(H,25,30). The van der Waals surface area contributed by atoms with Crippen LogP contribution in [0.2, 0.25) is 0 Å². The van der Waals surface area contributed by atoms with Crippen LogP contribution in [0.5, 0.6) is 5.88 Å². The first kappa shape index (κ1) is 22.1. The van der Waals surface area contributed by atoms with Crippen molar-refractivity contribution in [2.75, 3.05) is 45.2 Å². The Morgan fingerprint density at radius 3 is 2.47 bits per heavy atom. The number of hydrogen-bond donors (Lipinski definition) is 1. The summed E-state index contributed by atoms with van der Waals surface area (Å²) in [6, 6.07) is 17.5. The summed E-state index contributed by atoms with van der Waals surface area (Å²) in [6.45, 7) is 4.18. The van der Waals surface area contributed by atoms with E-state index in [9.17, 15) is 4.79 Å². The second-order valence-electron chi connectivity index (χ2n) is 7.61. The van der Waals surface area contributed by atoms with Crippen LogP contribution in [0.4, 0.5) is 5.95 Å². The largest absolute Gasteiger partial charge is 0.472 e. The van der Waals surface area contributed by atoms with Gasteiger partial charge in [-0.15, -0.1) is 0 Å². The van der Waals surface area contributed by atoms with Crippen molar-refractivity contribution in [3.05, 3.63) is 71.9 Å². The molecule has 0 radical (unpaired) electrons. The van der Waals surface area contributed by atoms with Gasteiger partial charge in [-0.2, -0.15) is 4.98 Å². The third-order valence-corrected chi connectivity index (χ3v) is 6.29. The van der Waals surface area contributed by atoms with Crippen molar-refractivity contribution in [2.45, 2.75) is 16.4 Å². The van der Waals surface area contributed by atoms with Gasteiger partial charge < -0.3 is 19.9 Å². The molecule has 0 bridgehead atoms. The molecule has 2 heterocycles. The van der Waals surface area contributed by atoms with Crippen molar-refractivity contribution in [3.63, 3.8) is 0 Å². The summed E-state index contributed by atoms with van der Waals surface area (Å²) >= 11 is 1.52. The molecule has 1 amide bonds. The molecule has 1 aromatic heterocycles. The smallest absolute Gasteiger partial charge is 0.251 e. The zero-order valence-corrected chi connectivity index (χ0v) is 19.1. The van der Waals surface area contributed by atoms with E-state index in [0.717, 1.165) is 41.5 Å². The number of nitrogens with zero attached hydrogens (tertiary/aromatic N) is 4. The van der Waals surface area contributed by atoms with E-state index >= 15 is 0 Å². The number of benzene rings is 2. The highest BCUT2D eigenvalue weighted by Crippen LogP contribution is 2.35. The van der Waals surface area contributed by atoms with Gasteiger partial charge in [-0.3, -0.25) is 4.79 Å². The number of rotatable bonds is 7. The Kier molecular flexibility index (Phi) is 7.24. The Balaban J connectivity index is 1.56. The molecule has 0 saturated carbocycles. The monoisotopic (exact) mass is 449 g/mol. The van der Waals surface area contributed by atoms with Crippen LogP contribution in [0.15, 0.2) is 70.6 Å². The Bertz CT molecular complexity index is 1040. The van der Waals surface area contributed by atoms with Crippen LogP contribution in [-0.4, -0.2) is 61.0 Å². The van der Waals surface area contributed by atoms with Crippen molar-refractivity contribution < 1.29 is 9.53 Å². The number of amides is 1. The molecule has 0 aliphatic carbocycles. The molecule has 166 valence electrons. The summed E-state index contributed by atoms with van der Waals surface area (Å²) in [4.78, 5) is 27.5. The minimum absolute atomic E-state index is 0.103. The third-order valence-electron chi connectivity index (χ3n) is 5.29. The zero-order chi connectivity index (χ0) is 22.3. The third kappa shape index (κ3) is 5.57. The van der Waals surface area contributed by atoms with E-state index in [-0.39, 0.29) is 5.91 Å². The van der Waals surface area contributed by atoms with Gasteiger partial charge in [0.25, 0.3) is 5.91 Å². The fourth-order valence-electron chi connectivity index (χ4n) is 3.35. The molecule has 32 heavy (non-hydrogen) atoms. The lowest BCUT2D eigenvalue weighted by Crippen LogP contribution is -2.45. The van der Waals surface area contributed by atoms with Gasteiger partial charge in [0.2, 0.25) is 11.8 Å². The van der Waals surface area contributed by atoms with Crippen LogP contribution in [-0.2, 0) is 6.61 Å². The maximum Gasteiger partial charge on any atom is 0.251 e. The number of aromatic nitrogens is 2. The molecule has 1 aliphatic rings. The van der Waals surface area contributed by atoms with Crippen LogP contribution >= 0.6 is 11.8 Å². The van der Waals surface area contributed by atoms with Gasteiger partial charge in [0, 0.05) is 43.7 Å². The van der Waals surface area contributed by atoms with Gasteiger partial charge in [-0.1, -0.05) is 42.1 Å². The van der Waals surface area contributed by atoms with Gasteiger partial charge in [0.15, 0.2) is 0 Å². The van der Waals surface area contributed by atoms with E-state index in [1.165, 1.54) is 11.8 Å². The predicted octanol–water partition coefficient (Wildman–Crippen LogP) is 3.32. The quantitative estimate of drug-likeness (QED) is 0.593. The average molecular weight is 450 g/mol. The maximum atomic E-state index is 11.8. The minimum atomic E-state index is -0.103. The van der Waals surface area contributed by atoms with Crippen molar-refractivity contribution in [2.24, 2.45) is 0 Å². The van der Waals surface area contributed by atoms with Crippen LogP contribution < -0.4 is 15.0 Å². The molecule has 1 N–H and O–H groups in total. The molecule has 2 aromatic carbocycles. The lowest BCUT2D eigenvalue weighted by molar-refractivity contribution is 0.0963. The molecule has 4 rings (SSSR count). The van der Waals surface area contributed by atoms with Crippen LogP contribution in [0, 0.1) is 0 Å². The van der Waals surface area contributed by atoms with Crippen molar-refractivity contribution in [3.8, 4) is 5.88 Å². The molecule has 7 nitrogen and oxygen atoms in total. The fourth-order valence-corrected chi connectivity index (χ4v) is 4.17. The highest BCUT2D eigenvalue weighted by Gasteiger charge is 2.19. The van der Waals surface area contributed by atoms with Gasteiger partial charge in [0.1, 0.15) is 6.61 Å². The molecule has 0 atom stereocenters. The molecule has 0 unspecified atom stereocenters. The van der Waals surface area contributed by atoms with E-state index < -0.39 is 0 Å². The number of anilines is 1. The Morgan fingerprint density at radius 1 is 1.06 bits per heavy atom. The van der Waals surface area contributed by atoms with E-state index in [4.69, 9.17) is 9.72 Å². The Morgan fingerprint density at radius 2 is 1.78 bits per heavy atom. The highest BCUT2D eigenvalue weighted by molar-refractivity contribution is 7.99. The first-order valence-electron chi connectivity index (χ1n) is 10.6. The molecule has 1 aliphatic heterocycles. The molecular formula is C24H27N5O2S. The summed E-state index contributed by atoms with van der Waals surface area (Å²) in [5.41, 5.74) is 1.71. The SMILES string of the molecule is CNC(=O)c1ccc(Sc2cnc(N3CCN(C)CC3)nc2OCc2ccccc2)cc1. The number of carbonyl (C=O) groups is 1. The van der Waals surface area contributed by atoms with Crippen LogP contribution in [0.1, 0.15) is 15.9 Å². The average Bonchev–Trinajstić information content (AvgIpc) is 2.84. The molecule has 8 heteroatoms. The molecule has 1 fully saturated rings. The van der Waals surface area contributed by atoms with E-state index in [0.29, 0.717) is 24.0 Å². The van der Waals surface area contributed by atoms with Crippen molar-refractivity contribution in [1.82, 2.24) is 20.2 Å². The molecule has 1 saturated heterocycles. The number of piperazine rings is 1. The Hall–Kier alpha value is -3.10. The van der Waals surface area contributed by atoms with Gasteiger partial charge >= 0.3 is 0 Å². The Labute approximate surface area is 192 Å². The van der Waals surface area contributed by atoms with Crippen LogP contribution in [0.3, 0.4) is 0 Å². The van der Waals surface area contributed by atoms with Crippen molar-refractivity contribution >= 4 is 23.6 Å². The summed E-state index contributed by atoms with van der Waals surface area (Å²) < 4.78 is 6.15. The summed E-state index contributed by atoms with van der Waals surface area (Å²) in [5.74, 6) is 1.16. The summed E-state index contributed by atoms with van der Waals surface area (Å²) in [5, 5.41) is 2.64. The normalized spacial score (nSPS) is 14.2. The van der Waals surface area contributed by atoms with E-state index in [2.05, 4.69) is 27.1 Å². The highest BCUT2D eigenvalue weighted by atomic mass is 32.2. The van der Waals surface area contributed by atoms with E-state index in [1.54, 1.807) is 7.05 Å².